The number of fused-ring (bicyclic) bond motifs is 1. The summed E-state index contributed by atoms with van der Waals surface area (Å²) in [4.78, 5) is 14.5. The van der Waals surface area contributed by atoms with E-state index in [-0.39, 0.29) is 5.78 Å². The zero-order chi connectivity index (χ0) is 19.7. The fraction of sp³-hybridized carbons (Fsp3) is 0.0870. The maximum atomic E-state index is 13.5. The van der Waals surface area contributed by atoms with Crippen LogP contribution in [-0.2, 0) is 0 Å². The Morgan fingerprint density at radius 3 is 2.36 bits per heavy atom. The number of ether oxygens (including phenoxy) is 2. The van der Waals surface area contributed by atoms with Crippen LogP contribution < -0.4 is 9.47 Å². The average Bonchev–Trinajstić information content (AvgIpc) is 3.12. The van der Waals surface area contributed by atoms with Crippen molar-refractivity contribution in [1.29, 1.82) is 0 Å². The summed E-state index contributed by atoms with van der Waals surface area (Å²) in [6, 6.07) is 21.2. The van der Waals surface area contributed by atoms with Gasteiger partial charge in [0.15, 0.2) is 5.78 Å². The molecule has 0 aliphatic heterocycles. The summed E-state index contributed by atoms with van der Waals surface area (Å²) in [6.07, 6.45) is 0. The van der Waals surface area contributed by atoms with Crippen LogP contribution in [0.2, 0.25) is 0 Å². The number of hydrogen-bond donors (Lipinski definition) is 0. The Kier molecular flexibility index (Phi) is 5.20. The third kappa shape index (κ3) is 3.32. The van der Waals surface area contributed by atoms with Crippen LogP contribution in [0.1, 0.15) is 15.9 Å². The number of thiophene rings is 1. The Labute approximate surface area is 175 Å². The van der Waals surface area contributed by atoms with Crippen molar-refractivity contribution in [3.05, 3.63) is 82.3 Å². The van der Waals surface area contributed by atoms with Gasteiger partial charge in [-0.05, 0) is 70.0 Å². The number of hydrogen-bond acceptors (Lipinski definition) is 4. The Morgan fingerprint density at radius 2 is 1.68 bits per heavy atom. The molecule has 4 rings (SSSR count). The van der Waals surface area contributed by atoms with Gasteiger partial charge in [-0.2, -0.15) is 0 Å². The molecule has 0 saturated carbocycles. The van der Waals surface area contributed by atoms with Crippen molar-refractivity contribution < 1.29 is 14.3 Å². The highest BCUT2D eigenvalue weighted by atomic mass is 79.9. The van der Waals surface area contributed by atoms with Gasteiger partial charge in [0, 0.05) is 26.1 Å². The van der Waals surface area contributed by atoms with E-state index in [0.29, 0.717) is 11.3 Å². The lowest BCUT2D eigenvalue weighted by molar-refractivity contribution is 0.104. The maximum absolute atomic E-state index is 13.5. The first-order chi connectivity index (χ1) is 13.6. The molecule has 0 bridgehead atoms. The minimum absolute atomic E-state index is 0.00776. The lowest BCUT2D eigenvalue weighted by atomic mass is 9.97. The van der Waals surface area contributed by atoms with Crippen LogP contribution in [0, 0.1) is 0 Å². The molecule has 140 valence electrons. The molecule has 0 fully saturated rings. The first-order valence-corrected chi connectivity index (χ1v) is 10.3. The van der Waals surface area contributed by atoms with Crippen LogP contribution in [-0.4, -0.2) is 20.0 Å². The van der Waals surface area contributed by atoms with E-state index in [4.69, 9.17) is 9.47 Å². The number of ketones is 1. The molecule has 1 aromatic heterocycles. The normalized spacial score (nSPS) is 10.8. The second kappa shape index (κ2) is 7.78. The Hall–Kier alpha value is -2.63. The van der Waals surface area contributed by atoms with E-state index in [0.717, 1.165) is 36.3 Å². The van der Waals surface area contributed by atoms with Crippen LogP contribution in [0.15, 0.2) is 71.2 Å². The van der Waals surface area contributed by atoms with Crippen molar-refractivity contribution in [2.24, 2.45) is 0 Å². The molecule has 3 aromatic carbocycles. The van der Waals surface area contributed by atoms with Crippen molar-refractivity contribution in [3.8, 4) is 21.9 Å². The zero-order valence-corrected chi connectivity index (χ0v) is 17.8. The summed E-state index contributed by atoms with van der Waals surface area (Å²) < 4.78 is 12.4. The van der Waals surface area contributed by atoms with E-state index in [2.05, 4.69) is 15.9 Å². The molecule has 3 nitrogen and oxygen atoms in total. The third-order valence-electron chi connectivity index (χ3n) is 4.59. The molecule has 0 spiro atoms. The molecule has 0 aliphatic carbocycles. The van der Waals surface area contributed by atoms with E-state index in [1.54, 1.807) is 37.7 Å². The number of benzene rings is 3. The smallest absolute Gasteiger partial charge is 0.195 e. The van der Waals surface area contributed by atoms with Crippen molar-refractivity contribution in [2.45, 2.75) is 0 Å². The topological polar surface area (TPSA) is 35.5 Å². The molecule has 0 saturated heterocycles. The fourth-order valence-electron chi connectivity index (χ4n) is 3.17. The SMILES string of the molecule is COc1ccc(-c2sc3ccccc3c2C(=O)c2ccc(OC)c(Br)c2)cc1. The van der Waals surface area contributed by atoms with Gasteiger partial charge in [0.2, 0.25) is 0 Å². The number of carbonyl (C=O) groups is 1. The van der Waals surface area contributed by atoms with Crippen LogP contribution in [0.25, 0.3) is 20.5 Å². The lowest BCUT2D eigenvalue weighted by Gasteiger charge is -2.08. The largest absolute Gasteiger partial charge is 0.497 e. The predicted molar refractivity (Wildman–Crippen MR) is 118 cm³/mol. The number of carbonyl (C=O) groups excluding carboxylic acids is 1. The van der Waals surface area contributed by atoms with Crippen molar-refractivity contribution in [3.63, 3.8) is 0 Å². The number of rotatable bonds is 5. The summed E-state index contributed by atoms with van der Waals surface area (Å²) in [7, 11) is 3.25. The van der Waals surface area contributed by atoms with Crippen molar-refractivity contribution in [2.75, 3.05) is 14.2 Å². The van der Waals surface area contributed by atoms with E-state index in [1.807, 2.05) is 54.6 Å². The molecule has 0 atom stereocenters. The van der Waals surface area contributed by atoms with Gasteiger partial charge in [-0.1, -0.05) is 18.2 Å². The van der Waals surface area contributed by atoms with Crippen LogP contribution in [0.4, 0.5) is 0 Å². The fourth-order valence-corrected chi connectivity index (χ4v) is 4.91. The van der Waals surface area contributed by atoms with Gasteiger partial charge in [0.25, 0.3) is 0 Å². The molecule has 0 aliphatic rings. The minimum atomic E-state index is -0.00776. The predicted octanol–water partition coefficient (Wildman–Crippen LogP) is 6.58. The molecule has 0 unspecified atom stereocenters. The summed E-state index contributed by atoms with van der Waals surface area (Å²) in [5.41, 5.74) is 2.34. The zero-order valence-electron chi connectivity index (χ0n) is 15.4. The standard InChI is InChI=1S/C23H17BrO3S/c1-26-16-10-7-14(8-11-16)23-21(17-5-3-4-6-20(17)28-23)22(25)15-9-12-19(27-2)18(24)13-15/h3-13H,1-2H3. The highest BCUT2D eigenvalue weighted by Crippen LogP contribution is 2.40. The van der Waals surface area contributed by atoms with Crippen LogP contribution in [0.5, 0.6) is 11.5 Å². The Balaban J connectivity index is 1.89. The second-order valence-corrected chi connectivity index (χ2v) is 8.12. The minimum Gasteiger partial charge on any atom is -0.497 e. The van der Waals surface area contributed by atoms with Crippen LogP contribution >= 0.6 is 27.3 Å². The van der Waals surface area contributed by atoms with E-state index in [1.165, 1.54) is 0 Å². The second-order valence-electron chi connectivity index (χ2n) is 6.21. The van der Waals surface area contributed by atoms with Gasteiger partial charge in [-0.15, -0.1) is 11.3 Å². The molecule has 28 heavy (non-hydrogen) atoms. The monoisotopic (exact) mass is 452 g/mol. The molecular weight excluding hydrogens is 436 g/mol. The van der Waals surface area contributed by atoms with Crippen molar-refractivity contribution >= 4 is 43.1 Å². The summed E-state index contributed by atoms with van der Waals surface area (Å²) in [5, 5.41) is 0.968. The Morgan fingerprint density at radius 1 is 0.929 bits per heavy atom. The maximum Gasteiger partial charge on any atom is 0.195 e. The quantitative estimate of drug-likeness (QED) is 0.320. The van der Waals surface area contributed by atoms with E-state index in [9.17, 15) is 4.79 Å². The summed E-state index contributed by atoms with van der Waals surface area (Å²) in [6.45, 7) is 0. The van der Waals surface area contributed by atoms with Gasteiger partial charge < -0.3 is 9.47 Å². The molecule has 5 heteroatoms. The highest BCUT2D eigenvalue weighted by molar-refractivity contribution is 9.10. The van der Waals surface area contributed by atoms with E-state index >= 15 is 0 Å². The summed E-state index contributed by atoms with van der Waals surface area (Å²) >= 11 is 5.11. The van der Waals surface area contributed by atoms with Gasteiger partial charge in [0.1, 0.15) is 11.5 Å². The average molecular weight is 453 g/mol. The first-order valence-electron chi connectivity index (χ1n) is 8.66. The van der Waals surface area contributed by atoms with Gasteiger partial charge in [-0.3, -0.25) is 4.79 Å². The molecular formula is C23H17BrO3S. The summed E-state index contributed by atoms with van der Waals surface area (Å²) in [5.74, 6) is 1.48. The molecule has 4 aromatic rings. The lowest BCUT2D eigenvalue weighted by Crippen LogP contribution is -2.02. The Bertz CT molecular complexity index is 1160. The van der Waals surface area contributed by atoms with Gasteiger partial charge in [0.05, 0.1) is 18.7 Å². The third-order valence-corrected chi connectivity index (χ3v) is 6.43. The number of halogens is 1. The molecule has 0 N–H and O–H groups in total. The molecule has 1 heterocycles. The highest BCUT2D eigenvalue weighted by Gasteiger charge is 2.22. The van der Waals surface area contributed by atoms with E-state index < -0.39 is 0 Å². The molecule has 0 radical (unpaired) electrons. The first kappa shape index (κ1) is 18.7. The van der Waals surface area contributed by atoms with Crippen LogP contribution in [0.3, 0.4) is 0 Å². The molecule has 0 amide bonds. The van der Waals surface area contributed by atoms with Crippen molar-refractivity contribution in [1.82, 2.24) is 0 Å². The number of methoxy groups -OCH3 is 2. The van der Waals surface area contributed by atoms with Gasteiger partial charge >= 0.3 is 0 Å². The van der Waals surface area contributed by atoms with Gasteiger partial charge in [-0.25, -0.2) is 0 Å².